The second kappa shape index (κ2) is 20.2. The van der Waals surface area contributed by atoms with Gasteiger partial charge in [0.1, 0.15) is 0 Å². The van der Waals surface area contributed by atoms with Crippen molar-refractivity contribution in [2.24, 2.45) is 0 Å². The minimum absolute atomic E-state index is 0.691. The lowest BCUT2D eigenvalue weighted by atomic mass is 9.86. The average molecular weight is 1100 g/mol. The van der Waals surface area contributed by atoms with E-state index < -0.39 is 0 Å². The molecule has 0 spiro atoms. The largest absolute Gasteiger partial charge is 0.247 e. The van der Waals surface area contributed by atoms with E-state index in [0.717, 1.165) is 93.4 Å². The summed E-state index contributed by atoms with van der Waals surface area (Å²) in [4.78, 5) is 21.3. The predicted octanol–water partition coefficient (Wildman–Crippen LogP) is 20.9. The molecule has 378 valence electrons. The molecule has 16 aromatic rings. The highest BCUT2D eigenvalue weighted by Crippen LogP contribution is 2.47. The van der Waals surface area contributed by atoms with Gasteiger partial charge in [0.05, 0.1) is 33.8 Å². The fourth-order valence-electron chi connectivity index (χ4n) is 11.9. The third-order valence-corrected chi connectivity index (χ3v) is 16.4. The lowest BCUT2D eigenvalue weighted by Crippen LogP contribution is -2.02. The van der Waals surface area contributed by atoms with Crippen LogP contribution in [0.5, 0.6) is 0 Å². The number of pyridine rings is 2. The van der Waals surface area contributed by atoms with Crippen LogP contribution in [0.1, 0.15) is 0 Å². The molecule has 81 heavy (non-hydrogen) atoms. The van der Waals surface area contributed by atoms with Gasteiger partial charge in [-0.1, -0.05) is 265 Å². The molecule has 0 aliphatic heterocycles. The van der Waals surface area contributed by atoms with Gasteiger partial charge in [0, 0.05) is 70.2 Å². The van der Waals surface area contributed by atoms with E-state index in [1.165, 1.54) is 59.2 Å². The first kappa shape index (κ1) is 48.0. The van der Waals surface area contributed by atoms with Crippen LogP contribution in [0.3, 0.4) is 0 Å². The van der Waals surface area contributed by atoms with Gasteiger partial charge in [0.15, 0.2) is 5.82 Å². The Morgan fingerprint density at radius 3 is 1.12 bits per heavy atom. The van der Waals surface area contributed by atoms with Crippen LogP contribution < -0.4 is 0 Å². The average Bonchev–Trinajstić information content (AvgIpc) is 3.25. The smallest absolute Gasteiger partial charge is 0.160 e. The molecule has 13 aromatic carbocycles. The van der Waals surface area contributed by atoms with Crippen molar-refractivity contribution in [1.29, 1.82) is 0 Å². The van der Waals surface area contributed by atoms with E-state index in [1.54, 1.807) is 0 Å². The van der Waals surface area contributed by atoms with Gasteiger partial charge in [-0.2, -0.15) is 0 Å². The van der Waals surface area contributed by atoms with Gasteiger partial charge >= 0.3 is 0 Å². The highest BCUT2D eigenvalue weighted by Gasteiger charge is 2.25. The van der Waals surface area contributed by atoms with E-state index >= 15 is 0 Å². The highest BCUT2D eigenvalue weighted by molar-refractivity contribution is 9.10. The van der Waals surface area contributed by atoms with Crippen LogP contribution in [-0.2, 0) is 0 Å². The summed E-state index contributed by atoms with van der Waals surface area (Å²) in [6.07, 6.45) is 0. The molecule has 3 aromatic heterocycles. The molecular formula is C76H47BrN4. The first-order chi connectivity index (χ1) is 40.1. The van der Waals surface area contributed by atoms with Gasteiger partial charge in [0.25, 0.3) is 0 Å². The van der Waals surface area contributed by atoms with Crippen LogP contribution in [0.25, 0.3) is 154 Å². The Balaban J connectivity index is 0.000000164. The van der Waals surface area contributed by atoms with Crippen molar-refractivity contribution >= 4 is 102 Å². The number of hydrogen-bond donors (Lipinski definition) is 0. The summed E-state index contributed by atoms with van der Waals surface area (Å²) in [5.74, 6) is 0.691. The third-order valence-electron chi connectivity index (χ3n) is 15.7. The third kappa shape index (κ3) is 8.54. The van der Waals surface area contributed by atoms with E-state index in [-0.39, 0.29) is 0 Å². The van der Waals surface area contributed by atoms with Crippen LogP contribution >= 0.6 is 15.9 Å². The van der Waals surface area contributed by atoms with Crippen molar-refractivity contribution in [2.45, 2.75) is 0 Å². The molecule has 0 radical (unpaired) electrons. The van der Waals surface area contributed by atoms with Crippen LogP contribution in [-0.4, -0.2) is 19.9 Å². The van der Waals surface area contributed by atoms with Gasteiger partial charge in [-0.25, -0.2) is 19.9 Å². The summed E-state index contributed by atoms with van der Waals surface area (Å²) < 4.78 is 1.10. The fraction of sp³-hybridized carbons (Fsp3) is 0. The van der Waals surface area contributed by atoms with Crippen molar-refractivity contribution < 1.29 is 0 Å². The van der Waals surface area contributed by atoms with E-state index in [0.29, 0.717) is 5.82 Å². The van der Waals surface area contributed by atoms with Gasteiger partial charge in [0.2, 0.25) is 0 Å². The molecule has 0 saturated heterocycles. The highest BCUT2D eigenvalue weighted by atomic mass is 79.9. The normalized spacial score (nSPS) is 11.5. The minimum Gasteiger partial charge on any atom is -0.247 e. The Hall–Kier alpha value is -10.2. The molecule has 0 fully saturated rings. The topological polar surface area (TPSA) is 51.6 Å². The zero-order valence-corrected chi connectivity index (χ0v) is 45.4. The molecule has 0 bridgehead atoms. The summed E-state index contributed by atoms with van der Waals surface area (Å²) in [5, 5.41) is 16.7. The van der Waals surface area contributed by atoms with Crippen LogP contribution in [0.4, 0.5) is 0 Å². The second-order valence-electron chi connectivity index (χ2n) is 20.5. The van der Waals surface area contributed by atoms with Crippen molar-refractivity contribution in [2.75, 3.05) is 0 Å². The van der Waals surface area contributed by atoms with E-state index in [1.807, 2.05) is 18.2 Å². The van der Waals surface area contributed by atoms with Gasteiger partial charge in [-0.05, 0) is 85.1 Å². The number of nitrogens with zero attached hydrogens (tertiary/aromatic N) is 4. The standard InChI is InChI=1S/C49H31N3.C27H16BrN/c1-4-17-33(18-5-1)47-45(48(34-19-6-2-7-20-34)52-49(51-47)35-21-8-3-9-22-35)41-31-42-44(39-25-13-12-24-38(39)41)40-26-14-15-27-43(40)50-46(42)37-29-28-32-16-10-11-23-36(32)30-37;28-24-16-23-26(21-10-4-3-9-20(21)24)22-11-5-6-12-25(22)29-27(23)19-14-13-17-7-1-2-8-18(17)15-19/h1-31H;1-16H. The molecule has 0 atom stereocenters. The number of hydrogen-bond acceptors (Lipinski definition) is 4. The summed E-state index contributed by atoms with van der Waals surface area (Å²) >= 11 is 3.80. The lowest BCUT2D eigenvalue weighted by molar-refractivity contribution is 1.19. The minimum atomic E-state index is 0.691. The predicted molar refractivity (Wildman–Crippen MR) is 344 cm³/mol. The lowest BCUT2D eigenvalue weighted by Gasteiger charge is -2.20. The van der Waals surface area contributed by atoms with E-state index in [2.05, 4.69) is 283 Å². The molecule has 0 saturated carbocycles. The number of rotatable bonds is 6. The van der Waals surface area contributed by atoms with Crippen LogP contribution in [0.15, 0.2) is 290 Å². The summed E-state index contributed by atoms with van der Waals surface area (Å²) in [7, 11) is 0. The van der Waals surface area contributed by atoms with Crippen LogP contribution in [0.2, 0.25) is 0 Å². The van der Waals surface area contributed by atoms with Crippen molar-refractivity contribution in [3.05, 3.63) is 290 Å². The maximum Gasteiger partial charge on any atom is 0.160 e. The molecule has 0 aliphatic carbocycles. The van der Waals surface area contributed by atoms with Gasteiger partial charge in [-0.3, -0.25) is 0 Å². The number of benzene rings is 13. The first-order valence-corrected chi connectivity index (χ1v) is 28.1. The SMILES string of the molecule is Brc1cc2c(-c3ccc4ccccc4c3)nc3ccccc3c2c2ccccc12.c1ccc(-c2nc(-c3ccccc3)c(-c3cc4c(-c5ccc6ccccc6c5)nc5ccccc5c4c4ccccc34)c(-c3ccccc3)n2)cc1. The molecule has 3 heterocycles. The first-order valence-electron chi connectivity index (χ1n) is 27.3. The maximum atomic E-state index is 5.41. The maximum absolute atomic E-state index is 5.41. The number of fused-ring (bicyclic) bond motifs is 12. The molecule has 0 unspecified atom stereocenters. The number of aromatic nitrogens is 4. The van der Waals surface area contributed by atoms with Crippen molar-refractivity contribution in [3.63, 3.8) is 0 Å². The van der Waals surface area contributed by atoms with E-state index in [4.69, 9.17) is 19.9 Å². The summed E-state index contributed by atoms with van der Waals surface area (Å²) in [6, 6.07) is 100. The van der Waals surface area contributed by atoms with Crippen LogP contribution in [0, 0.1) is 0 Å². The Morgan fingerprint density at radius 2 is 0.617 bits per heavy atom. The Morgan fingerprint density at radius 1 is 0.235 bits per heavy atom. The molecular weight excluding hydrogens is 1050 g/mol. The van der Waals surface area contributed by atoms with E-state index in [9.17, 15) is 0 Å². The quantitative estimate of drug-likeness (QED) is 0.156. The number of para-hydroxylation sites is 2. The summed E-state index contributed by atoms with van der Waals surface area (Å²) in [6.45, 7) is 0. The molecule has 16 rings (SSSR count). The van der Waals surface area contributed by atoms with Crippen molar-refractivity contribution in [1.82, 2.24) is 19.9 Å². The van der Waals surface area contributed by atoms with Gasteiger partial charge in [-0.15, -0.1) is 0 Å². The molecule has 0 N–H and O–H groups in total. The van der Waals surface area contributed by atoms with Crippen molar-refractivity contribution in [3.8, 4) is 67.5 Å². The summed E-state index contributed by atoms with van der Waals surface area (Å²) in [5.41, 5.74) is 13.1. The van der Waals surface area contributed by atoms with Gasteiger partial charge < -0.3 is 0 Å². The Bertz CT molecular complexity index is 5060. The zero-order chi connectivity index (χ0) is 53.8. The fourth-order valence-corrected chi connectivity index (χ4v) is 12.5. The monoisotopic (exact) mass is 1090 g/mol. The zero-order valence-electron chi connectivity index (χ0n) is 43.8. The Labute approximate surface area is 476 Å². The molecule has 5 heteroatoms. The molecule has 4 nitrogen and oxygen atoms in total. The molecule has 0 amide bonds. The second-order valence-corrected chi connectivity index (χ2v) is 21.4. The number of halogens is 1. The molecule has 0 aliphatic rings. The Kier molecular flexibility index (Phi) is 12.0.